The molecule has 0 spiro atoms. The highest BCUT2D eigenvalue weighted by Gasteiger charge is 2.07. The van der Waals surface area contributed by atoms with Gasteiger partial charge in [-0.05, 0) is 24.6 Å². The van der Waals surface area contributed by atoms with Crippen LogP contribution in [0, 0.1) is 5.82 Å². The molecule has 0 aliphatic carbocycles. The van der Waals surface area contributed by atoms with Crippen LogP contribution in [0.4, 0.5) is 4.39 Å². The van der Waals surface area contributed by atoms with Gasteiger partial charge in [0.15, 0.2) is 0 Å². The highest BCUT2D eigenvalue weighted by Crippen LogP contribution is 2.12. The Balaban J connectivity index is 2.50. The molecule has 1 aromatic carbocycles. The molecule has 0 bridgehead atoms. The number of nitrogens with one attached hydrogen (secondary N) is 1. The SMILES string of the molecule is CC(NCCS(C)(=O)=O)c1cccc(F)c1. The number of sulfone groups is 1. The second-order valence-corrected chi connectivity index (χ2v) is 6.12. The summed E-state index contributed by atoms with van der Waals surface area (Å²) in [6.45, 7) is 2.24. The lowest BCUT2D eigenvalue weighted by atomic mass is 10.1. The van der Waals surface area contributed by atoms with Crippen molar-refractivity contribution in [3.05, 3.63) is 35.6 Å². The van der Waals surface area contributed by atoms with Gasteiger partial charge in [0.2, 0.25) is 0 Å². The molecule has 5 heteroatoms. The molecule has 90 valence electrons. The number of rotatable bonds is 5. The van der Waals surface area contributed by atoms with Crippen molar-refractivity contribution in [3.8, 4) is 0 Å². The van der Waals surface area contributed by atoms with Crippen LogP contribution in [-0.2, 0) is 9.84 Å². The van der Waals surface area contributed by atoms with Gasteiger partial charge in [-0.1, -0.05) is 12.1 Å². The summed E-state index contributed by atoms with van der Waals surface area (Å²) in [5.41, 5.74) is 0.813. The normalized spacial score (nSPS) is 13.7. The van der Waals surface area contributed by atoms with Crippen LogP contribution >= 0.6 is 0 Å². The van der Waals surface area contributed by atoms with E-state index in [-0.39, 0.29) is 17.6 Å². The van der Waals surface area contributed by atoms with E-state index in [1.807, 2.05) is 6.92 Å². The molecule has 0 fully saturated rings. The van der Waals surface area contributed by atoms with Gasteiger partial charge in [0.1, 0.15) is 15.7 Å². The molecule has 1 aromatic rings. The van der Waals surface area contributed by atoms with Gasteiger partial charge >= 0.3 is 0 Å². The summed E-state index contributed by atoms with van der Waals surface area (Å²) >= 11 is 0. The predicted octanol–water partition coefficient (Wildman–Crippen LogP) is 1.52. The van der Waals surface area contributed by atoms with Gasteiger partial charge in [0, 0.05) is 18.8 Å². The summed E-state index contributed by atoms with van der Waals surface area (Å²) in [5.74, 6) is -0.193. The van der Waals surface area contributed by atoms with E-state index in [9.17, 15) is 12.8 Å². The molecule has 0 radical (unpaired) electrons. The highest BCUT2D eigenvalue weighted by atomic mass is 32.2. The van der Waals surface area contributed by atoms with E-state index in [1.54, 1.807) is 12.1 Å². The van der Waals surface area contributed by atoms with Crippen molar-refractivity contribution < 1.29 is 12.8 Å². The molecule has 1 N–H and O–H groups in total. The Kier molecular flexibility index (Phi) is 4.44. The largest absolute Gasteiger partial charge is 0.309 e. The third kappa shape index (κ3) is 4.72. The molecule has 0 heterocycles. The van der Waals surface area contributed by atoms with Crippen molar-refractivity contribution in [1.82, 2.24) is 5.32 Å². The zero-order valence-electron chi connectivity index (χ0n) is 9.40. The smallest absolute Gasteiger partial charge is 0.148 e. The summed E-state index contributed by atoms with van der Waals surface area (Å²) in [6.07, 6.45) is 1.20. The van der Waals surface area contributed by atoms with Gasteiger partial charge < -0.3 is 5.32 Å². The van der Waals surface area contributed by atoms with E-state index in [2.05, 4.69) is 5.32 Å². The molecule has 0 aliphatic rings. The molecule has 3 nitrogen and oxygen atoms in total. The number of hydrogen-bond acceptors (Lipinski definition) is 3. The summed E-state index contributed by atoms with van der Waals surface area (Å²) in [4.78, 5) is 0. The second kappa shape index (κ2) is 5.41. The molecule has 1 rings (SSSR count). The zero-order valence-corrected chi connectivity index (χ0v) is 10.2. The van der Waals surface area contributed by atoms with E-state index in [4.69, 9.17) is 0 Å². The quantitative estimate of drug-likeness (QED) is 0.855. The standard InChI is InChI=1S/C11H16FNO2S/c1-9(13-6-7-16(2,14)15)10-4-3-5-11(12)8-10/h3-5,8-9,13H,6-7H2,1-2H3. The lowest BCUT2D eigenvalue weighted by molar-refractivity contribution is 0.569. The van der Waals surface area contributed by atoms with Gasteiger partial charge in [0.25, 0.3) is 0 Å². The van der Waals surface area contributed by atoms with Crippen LogP contribution in [0.3, 0.4) is 0 Å². The second-order valence-electron chi connectivity index (χ2n) is 3.86. The Morgan fingerprint density at radius 3 is 2.69 bits per heavy atom. The molecule has 0 amide bonds. The molecule has 0 saturated heterocycles. The summed E-state index contributed by atoms with van der Waals surface area (Å²) in [7, 11) is -2.95. The van der Waals surface area contributed by atoms with Gasteiger partial charge in [-0.15, -0.1) is 0 Å². The van der Waals surface area contributed by atoms with Gasteiger partial charge in [0.05, 0.1) is 5.75 Å². The first-order valence-electron chi connectivity index (χ1n) is 5.05. The monoisotopic (exact) mass is 245 g/mol. The molecule has 16 heavy (non-hydrogen) atoms. The molecular formula is C11H16FNO2S. The number of hydrogen-bond donors (Lipinski definition) is 1. The van der Waals surface area contributed by atoms with Crippen molar-refractivity contribution in [3.63, 3.8) is 0 Å². The molecule has 1 atom stereocenters. The summed E-state index contributed by atoms with van der Waals surface area (Å²) < 4.78 is 34.7. The maximum atomic E-state index is 12.9. The van der Waals surface area contributed by atoms with Crippen molar-refractivity contribution in [2.24, 2.45) is 0 Å². The Hall–Kier alpha value is -0.940. The van der Waals surface area contributed by atoms with Crippen LogP contribution in [0.1, 0.15) is 18.5 Å². The first-order chi connectivity index (χ1) is 7.38. The van der Waals surface area contributed by atoms with E-state index >= 15 is 0 Å². The average molecular weight is 245 g/mol. The molecule has 0 aromatic heterocycles. The molecule has 0 aliphatic heterocycles. The van der Waals surface area contributed by atoms with Crippen molar-refractivity contribution in [2.75, 3.05) is 18.6 Å². The summed E-state index contributed by atoms with van der Waals surface area (Å²) in [5, 5.41) is 3.04. The minimum atomic E-state index is -2.95. The van der Waals surface area contributed by atoms with Crippen LogP contribution in [0.25, 0.3) is 0 Å². The van der Waals surface area contributed by atoms with Gasteiger partial charge in [-0.2, -0.15) is 0 Å². The average Bonchev–Trinajstić information content (AvgIpc) is 2.15. The molecule has 1 unspecified atom stereocenters. The fraction of sp³-hybridized carbons (Fsp3) is 0.455. The highest BCUT2D eigenvalue weighted by molar-refractivity contribution is 7.90. The first kappa shape index (κ1) is 13.1. The third-order valence-corrected chi connectivity index (χ3v) is 3.22. The summed E-state index contributed by atoms with van der Waals surface area (Å²) in [6, 6.07) is 6.21. The Morgan fingerprint density at radius 2 is 2.12 bits per heavy atom. The van der Waals surface area contributed by atoms with Gasteiger partial charge in [-0.3, -0.25) is 0 Å². The van der Waals surface area contributed by atoms with E-state index in [0.29, 0.717) is 6.54 Å². The fourth-order valence-corrected chi connectivity index (χ4v) is 1.84. The van der Waals surface area contributed by atoms with E-state index in [0.717, 1.165) is 5.56 Å². The maximum absolute atomic E-state index is 12.9. The Labute approximate surface area is 95.6 Å². The van der Waals surface area contributed by atoms with E-state index in [1.165, 1.54) is 18.4 Å². The predicted molar refractivity (Wildman–Crippen MR) is 62.5 cm³/mol. The third-order valence-electron chi connectivity index (χ3n) is 2.27. The minimum Gasteiger partial charge on any atom is -0.309 e. The van der Waals surface area contributed by atoms with Crippen molar-refractivity contribution >= 4 is 9.84 Å². The van der Waals surface area contributed by atoms with Crippen molar-refractivity contribution in [1.29, 1.82) is 0 Å². The van der Waals surface area contributed by atoms with Crippen LogP contribution in [0.2, 0.25) is 0 Å². The van der Waals surface area contributed by atoms with Crippen LogP contribution in [-0.4, -0.2) is 27.0 Å². The van der Waals surface area contributed by atoms with Crippen LogP contribution in [0.5, 0.6) is 0 Å². The lowest BCUT2D eigenvalue weighted by Crippen LogP contribution is -2.25. The Morgan fingerprint density at radius 1 is 1.44 bits per heavy atom. The molecular weight excluding hydrogens is 229 g/mol. The molecule has 0 saturated carbocycles. The number of benzene rings is 1. The zero-order chi connectivity index (χ0) is 12.2. The van der Waals surface area contributed by atoms with Crippen LogP contribution < -0.4 is 5.32 Å². The fourth-order valence-electron chi connectivity index (χ4n) is 1.35. The minimum absolute atomic E-state index is 0.0579. The van der Waals surface area contributed by atoms with Crippen LogP contribution in [0.15, 0.2) is 24.3 Å². The van der Waals surface area contributed by atoms with E-state index < -0.39 is 9.84 Å². The van der Waals surface area contributed by atoms with Crippen molar-refractivity contribution in [2.45, 2.75) is 13.0 Å². The first-order valence-corrected chi connectivity index (χ1v) is 7.11. The topological polar surface area (TPSA) is 46.2 Å². The van der Waals surface area contributed by atoms with Gasteiger partial charge in [-0.25, -0.2) is 12.8 Å². The maximum Gasteiger partial charge on any atom is 0.148 e. The Bertz CT molecular complexity index is 445. The lowest BCUT2D eigenvalue weighted by Gasteiger charge is -2.13. The number of halogens is 1.